The highest BCUT2D eigenvalue weighted by Gasteiger charge is 2.31. The van der Waals surface area contributed by atoms with Gasteiger partial charge in [0.25, 0.3) is 5.91 Å². The highest BCUT2D eigenvalue weighted by atomic mass is 35.5. The lowest BCUT2D eigenvalue weighted by Gasteiger charge is -2.25. The van der Waals surface area contributed by atoms with E-state index in [1.807, 2.05) is 62.4 Å². The van der Waals surface area contributed by atoms with Crippen LogP contribution in [0.1, 0.15) is 47.3 Å². The number of hydrogen-bond donors (Lipinski definition) is 3. The maximum absolute atomic E-state index is 13.8. The second-order valence-electron chi connectivity index (χ2n) is 11.4. The number of carbonyl (C=O) groups excluding carboxylic acids is 3. The van der Waals surface area contributed by atoms with Crippen LogP contribution in [0.25, 0.3) is 0 Å². The lowest BCUT2D eigenvalue weighted by molar-refractivity contribution is -0.137. The normalized spacial score (nSPS) is 12.6. The predicted octanol–water partition coefficient (Wildman–Crippen LogP) is 7.45. The average molecular weight is 666 g/mol. The van der Waals surface area contributed by atoms with E-state index in [0.29, 0.717) is 5.02 Å². The molecule has 0 aliphatic carbocycles. The number of alkyl halides is 3. The second kappa shape index (κ2) is 16.1. The van der Waals surface area contributed by atoms with Gasteiger partial charge in [0, 0.05) is 17.1 Å². The standard InChI is InChI=1S/C36H35ClF3N3O4/c1-23(2)19-30(34(45)41-28-16-13-26(14-17-28)36(38,39)40)43-35(46)31(20-24-9-5-3-6-10-24)42-33(44)29-21-27(37)15-18-32(29)47-22-25-11-7-4-8-12-25/h3-18,21,23,30-31H,19-20,22H2,1-2H3,(H,41,45)(H,42,44)(H,43,46)/t30-,31-/m0/s1. The fraction of sp³-hybridized carbons (Fsp3) is 0.250. The number of rotatable bonds is 13. The van der Waals surface area contributed by atoms with E-state index in [1.165, 1.54) is 6.07 Å². The van der Waals surface area contributed by atoms with E-state index < -0.39 is 41.5 Å². The first-order chi connectivity index (χ1) is 22.4. The van der Waals surface area contributed by atoms with Crippen LogP contribution in [0.4, 0.5) is 18.9 Å². The van der Waals surface area contributed by atoms with Crippen molar-refractivity contribution in [3.63, 3.8) is 0 Å². The Morgan fingerprint density at radius 1 is 0.766 bits per heavy atom. The number of carbonyl (C=O) groups is 3. The van der Waals surface area contributed by atoms with Gasteiger partial charge in [-0.15, -0.1) is 0 Å². The SMILES string of the molecule is CC(C)C[C@H](NC(=O)[C@H](Cc1ccccc1)NC(=O)c1cc(Cl)ccc1OCc1ccccc1)C(=O)Nc1ccc(C(F)(F)F)cc1. The molecule has 0 aliphatic rings. The summed E-state index contributed by atoms with van der Waals surface area (Å²) in [7, 11) is 0. The molecule has 0 saturated heterocycles. The Bertz CT molecular complexity index is 1650. The first-order valence-electron chi connectivity index (χ1n) is 15.0. The Morgan fingerprint density at radius 2 is 1.38 bits per heavy atom. The zero-order chi connectivity index (χ0) is 34.0. The molecule has 4 aromatic carbocycles. The van der Waals surface area contributed by atoms with Crippen LogP contribution in [0.3, 0.4) is 0 Å². The van der Waals surface area contributed by atoms with Crippen LogP contribution in [-0.2, 0) is 28.8 Å². The molecule has 4 aromatic rings. The van der Waals surface area contributed by atoms with Crippen molar-refractivity contribution in [3.05, 3.63) is 130 Å². The largest absolute Gasteiger partial charge is 0.488 e. The predicted molar refractivity (Wildman–Crippen MR) is 175 cm³/mol. The van der Waals surface area contributed by atoms with Crippen molar-refractivity contribution in [3.8, 4) is 5.75 Å². The Morgan fingerprint density at radius 3 is 1.98 bits per heavy atom. The van der Waals surface area contributed by atoms with E-state index in [0.717, 1.165) is 35.4 Å². The van der Waals surface area contributed by atoms with Crippen molar-refractivity contribution in [2.75, 3.05) is 5.32 Å². The number of benzene rings is 4. The van der Waals surface area contributed by atoms with E-state index >= 15 is 0 Å². The molecular weight excluding hydrogens is 631 g/mol. The topological polar surface area (TPSA) is 96.5 Å². The molecule has 0 fully saturated rings. The van der Waals surface area contributed by atoms with Crippen LogP contribution in [-0.4, -0.2) is 29.8 Å². The summed E-state index contributed by atoms with van der Waals surface area (Å²) in [4.78, 5) is 40.8. The molecule has 0 aliphatic heterocycles. The van der Waals surface area contributed by atoms with E-state index in [1.54, 1.807) is 24.3 Å². The zero-order valence-electron chi connectivity index (χ0n) is 25.8. The van der Waals surface area contributed by atoms with Gasteiger partial charge in [-0.3, -0.25) is 14.4 Å². The van der Waals surface area contributed by atoms with Gasteiger partial charge < -0.3 is 20.7 Å². The Hall–Kier alpha value is -4.83. The summed E-state index contributed by atoms with van der Waals surface area (Å²) >= 11 is 6.24. The minimum absolute atomic E-state index is 0.0309. The molecule has 246 valence electrons. The first kappa shape index (κ1) is 35.0. The van der Waals surface area contributed by atoms with E-state index in [2.05, 4.69) is 16.0 Å². The van der Waals surface area contributed by atoms with Crippen molar-refractivity contribution in [1.29, 1.82) is 0 Å². The van der Waals surface area contributed by atoms with Crippen molar-refractivity contribution in [2.24, 2.45) is 5.92 Å². The summed E-state index contributed by atoms with van der Waals surface area (Å²) < 4.78 is 44.9. The number of nitrogens with one attached hydrogen (secondary N) is 3. The van der Waals surface area contributed by atoms with Gasteiger partial charge in [0.2, 0.25) is 11.8 Å². The Kier molecular flexibility index (Phi) is 12.0. The van der Waals surface area contributed by atoms with Gasteiger partial charge >= 0.3 is 6.18 Å². The lowest BCUT2D eigenvalue weighted by Crippen LogP contribution is -2.53. The molecule has 7 nitrogen and oxygen atoms in total. The second-order valence-corrected chi connectivity index (χ2v) is 11.8. The molecule has 0 aromatic heterocycles. The maximum atomic E-state index is 13.8. The van der Waals surface area contributed by atoms with Gasteiger partial charge in [0.1, 0.15) is 24.4 Å². The smallest absolute Gasteiger partial charge is 0.416 e. The summed E-state index contributed by atoms with van der Waals surface area (Å²) in [6.45, 7) is 3.93. The minimum Gasteiger partial charge on any atom is -0.488 e. The molecule has 11 heteroatoms. The Labute approximate surface area is 276 Å². The van der Waals surface area contributed by atoms with Gasteiger partial charge in [-0.25, -0.2) is 0 Å². The Balaban J connectivity index is 1.54. The maximum Gasteiger partial charge on any atom is 0.416 e. The molecule has 0 heterocycles. The van der Waals surface area contributed by atoms with E-state index in [4.69, 9.17) is 16.3 Å². The number of halogens is 4. The van der Waals surface area contributed by atoms with Crippen molar-refractivity contribution < 1.29 is 32.3 Å². The fourth-order valence-corrected chi connectivity index (χ4v) is 4.96. The fourth-order valence-electron chi connectivity index (χ4n) is 4.78. The molecule has 0 saturated carbocycles. The van der Waals surface area contributed by atoms with Crippen LogP contribution >= 0.6 is 11.6 Å². The average Bonchev–Trinajstić information content (AvgIpc) is 3.04. The quantitative estimate of drug-likeness (QED) is 0.138. The molecule has 3 N–H and O–H groups in total. The third-order valence-electron chi connectivity index (χ3n) is 7.15. The van der Waals surface area contributed by atoms with Gasteiger partial charge in [0.05, 0.1) is 11.1 Å². The number of ether oxygens (including phenoxy) is 1. The van der Waals surface area contributed by atoms with Crippen LogP contribution in [0.2, 0.25) is 5.02 Å². The summed E-state index contributed by atoms with van der Waals surface area (Å²) in [5.74, 6) is -1.60. The molecule has 47 heavy (non-hydrogen) atoms. The summed E-state index contributed by atoms with van der Waals surface area (Å²) in [5, 5.41) is 8.42. The number of anilines is 1. The summed E-state index contributed by atoms with van der Waals surface area (Å²) in [5.41, 5.74) is 1.06. The highest BCUT2D eigenvalue weighted by molar-refractivity contribution is 6.31. The molecule has 0 radical (unpaired) electrons. The molecule has 0 unspecified atom stereocenters. The lowest BCUT2D eigenvalue weighted by atomic mass is 10.0. The number of amides is 3. The van der Waals surface area contributed by atoms with Crippen LogP contribution in [0.5, 0.6) is 5.75 Å². The van der Waals surface area contributed by atoms with Gasteiger partial charge in [-0.05, 0) is 65.9 Å². The van der Waals surface area contributed by atoms with Crippen LogP contribution in [0, 0.1) is 5.92 Å². The van der Waals surface area contributed by atoms with Gasteiger partial charge in [-0.2, -0.15) is 13.2 Å². The molecule has 2 atom stereocenters. The summed E-state index contributed by atoms with van der Waals surface area (Å²) in [6.07, 6.45) is -4.18. The van der Waals surface area contributed by atoms with Gasteiger partial charge in [-0.1, -0.05) is 86.1 Å². The third kappa shape index (κ3) is 10.6. The van der Waals surface area contributed by atoms with Crippen molar-refractivity contribution >= 4 is 35.0 Å². The molecule has 3 amide bonds. The minimum atomic E-state index is -4.52. The molecule has 0 bridgehead atoms. The van der Waals surface area contributed by atoms with Gasteiger partial charge in [0.15, 0.2) is 0 Å². The number of hydrogen-bond acceptors (Lipinski definition) is 4. The van der Waals surface area contributed by atoms with E-state index in [-0.39, 0.29) is 42.4 Å². The van der Waals surface area contributed by atoms with E-state index in [9.17, 15) is 27.6 Å². The summed E-state index contributed by atoms with van der Waals surface area (Å²) in [6, 6.07) is 24.9. The monoisotopic (exact) mass is 665 g/mol. The molecular formula is C36H35ClF3N3O4. The van der Waals surface area contributed by atoms with Crippen molar-refractivity contribution in [1.82, 2.24) is 10.6 Å². The first-order valence-corrected chi connectivity index (χ1v) is 15.4. The van der Waals surface area contributed by atoms with Crippen LogP contribution < -0.4 is 20.7 Å². The van der Waals surface area contributed by atoms with Crippen molar-refractivity contribution in [2.45, 2.75) is 51.6 Å². The zero-order valence-corrected chi connectivity index (χ0v) is 26.6. The van der Waals surface area contributed by atoms with Crippen LogP contribution in [0.15, 0.2) is 103 Å². The molecule has 4 rings (SSSR count). The molecule has 0 spiro atoms. The third-order valence-corrected chi connectivity index (χ3v) is 7.38. The highest BCUT2D eigenvalue weighted by Crippen LogP contribution is 2.30.